The van der Waals surface area contributed by atoms with Crippen LogP contribution in [0.3, 0.4) is 0 Å². The smallest absolute Gasteiger partial charge is 0.0773 e. The molecule has 0 aliphatic carbocycles. The summed E-state index contributed by atoms with van der Waals surface area (Å²) in [5, 5.41) is 6.25. The fourth-order valence-corrected chi connectivity index (χ4v) is 2.39. The number of hydrogen-bond acceptors (Lipinski definition) is 1. The molecule has 1 heterocycles. The summed E-state index contributed by atoms with van der Waals surface area (Å²) in [6.45, 7) is 13.6. The molecule has 0 unspecified atom stereocenters. The maximum Gasteiger partial charge on any atom is 0.0773 e. The minimum Gasteiger partial charge on any atom is -0.512 e. The van der Waals surface area contributed by atoms with Crippen LogP contribution in [0.15, 0.2) is 0 Å². The molecular weight excluding hydrogens is 172 g/mol. The van der Waals surface area contributed by atoms with Crippen molar-refractivity contribution < 1.29 is 4.90 Å². The number of nitrogens with zero attached hydrogens (tertiary/aromatic N) is 1. The van der Waals surface area contributed by atoms with Crippen LogP contribution in [-0.4, -0.2) is 19.6 Å². The third kappa shape index (κ3) is 5.24. The van der Waals surface area contributed by atoms with Gasteiger partial charge in [-0.15, -0.1) is 0 Å². The highest BCUT2D eigenvalue weighted by Crippen LogP contribution is 2.15. The summed E-state index contributed by atoms with van der Waals surface area (Å²) in [6.07, 6.45) is 7.19. The number of nitrogens with one attached hydrogen (secondary N) is 1. The Balaban J connectivity index is 0.000000791. The number of hydrogen-bond donors (Lipinski definition) is 1. The van der Waals surface area contributed by atoms with Crippen molar-refractivity contribution in [1.29, 1.82) is 5.26 Å². The van der Waals surface area contributed by atoms with Crippen LogP contribution in [0.1, 0.15) is 46.0 Å². The number of quaternary nitrogens is 1. The van der Waals surface area contributed by atoms with Crippen molar-refractivity contribution >= 4 is 0 Å². The van der Waals surface area contributed by atoms with Crippen molar-refractivity contribution in [2.75, 3.05) is 19.6 Å². The van der Waals surface area contributed by atoms with Gasteiger partial charge in [-0.3, -0.25) is 0 Å². The molecule has 0 atom stereocenters. The highest BCUT2D eigenvalue weighted by Gasteiger charge is 2.19. The van der Waals surface area contributed by atoms with Crippen LogP contribution in [0, 0.1) is 17.8 Å². The lowest BCUT2D eigenvalue weighted by atomic mass is 9.92. The average molecular weight is 196 g/mol. The Hall–Kier alpha value is -0.550. The monoisotopic (exact) mass is 196 g/mol. The Bertz CT molecular complexity index is 121. The third-order valence-electron chi connectivity index (χ3n) is 3.11. The summed E-state index contributed by atoms with van der Waals surface area (Å²) in [4.78, 5) is 1.85. The third-order valence-corrected chi connectivity index (χ3v) is 3.11. The zero-order chi connectivity index (χ0) is 10.8. The zero-order valence-corrected chi connectivity index (χ0v) is 9.68. The summed E-state index contributed by atoms with van der Waals surface area (Å²) in [5.41, 5.74) is 0. The van der Waals surface area contributed by atoms with Crippen LogP contribution >= 0.6 is 0 Å². The molecule has 1 saturated heterocycles. The predicted octanol–water partition coefficient (Wildman–Crippen LogP) is 1.59. The maximum absolute atomic E-state index is 6.25. The maximum atomic E-state index is 6.25. The molecule has 0 radical (unpaired) electrons. The van der Waals surface area contributed by atoms with E-state index in [-0.39, 0.29) is 0 Å². The van der Waals surface area contributed by atoms with E-state index in [1.54, 1.807) is 0 Å². The predicted molar refractivity (Wildman–Crippen MR) is 58.5 cm³/mol. The first-order valence-electron chi connectivity index (χ1n) is 5.92. The number of rotatable bonds is 4. The Morgan fingerprint density at radius 3 is 2.14 bits per heavy atom. The normalized spacial score (nSPS) is 26.3. The molecule has 0 bridgehead atoms. The van der Waals surface area contributed by atoms with Gasteiger partial charge in [0.15, 0.2) is 0 Å². The van der Waals surface area contributed by atoms with E-state index < -0.39 is 0 Å². The van der Waals surface area contributed by atoms with Gasteiger partial charge in [-0.1, -0.05) is 26.7 Å². The Labute approximate surface area is 88.9 Å². The van der Waals surface area contributed by atoms with Crippen LogP contribution in [-0.2, 0) is 0 Å². The van der Waals surface area contributed by atoms with Crippen LogP contribution in [0.25, 0.3) is 0 Å². The van der Waals surface area contributed by atoms with Crippen molar-refractivity contribution in [2.45, 2.75) is 46.0 Å². The quantitative estimate of drug-likeness (QED) is 0.680. The molecule has 2 nitrogen and oxygen atoms in total. The lowest BCUT2D eigenvalue weighted by molar-refractivity contribution is -0.906. The second kappa shape index (κ2) is 9.02. The van der Waals surface area contributed by atoms with Crippen LogP contribution < -0.4 is 4.90 Å². The van der Waals surface area contributed by atoms with E-state index in [1.165, 1.54) is 51.7 Å². The SMILES string of the molecule is CCCC1CC[NH+](CCC)CC1.[C-]#N. The van der Waals surface area contributed by atoms with Gasteiger partial charge >= 0.3 is 0 Å². The van der Waals surface area contributed by atoms with Crippen LogP contribution in [0.4, 0.5) is 0 Å². The summed E-state index contributed by atoms with van der Waals surface area (Å²) >= 11 is 0. The van der Waals surface area contributed by atoms with Crippen molar-refractivity contribution in [1.82, 2.24) is 0 Å². The lowest BCUT2D eigenvalue weighted by Gasteiger charge is -2.28. The molecule has 1 rings (SSSR count). The molecule has 1 N–H and O–H groups in total. The van der Waals surface area contributed by atoms with Crippen LogP contribution in [0.5, 0.6) is 0 Å². The number of piperidine rings is 1. The largest absolute Gasteiger partial charge is 0.512 e. The van der Waals surface area contributed by atoms with E-state index in [0.717, 1.165) is 5.92 Å². The molecule has 0 spiro atoms. The Kier molecular flexibility index (Phi) is 8.67. The van der Waals surface area contributed by atoms with Gasteiger partial charge in [-0.2, -0.15) is 0 Å². The molecule has 1 fully saturated rings. The molecule has 0 saturated carbocycles. The van der Waals surface area contributed by atoms with Gasteiger partial charge in [0.2, 0.25) is 0 Å². The van der Waals surface area contributed by atoms with Gasteiger partial charge in [-0.05, 0) is 25.2 Å². The highest BCUT2D eigenvalue weighted by molar-refractivity contribution is 4.61. The topological polar surface area (TPSA) is 28.2 Å². The van der Waals surface area contributed by atoms with Gasteiger partial charge in [0, 0.05) is 0 Å². The van der Waals surface area contributed by atoms with Crippen molar-refractivity contribution in [3.05, 3.63) is 6.57 Å². The molecule has 0 aromatic carbocycles. The molecule has 82 valence electrons. The summed E-state index contributed by atoms with van der Waals surface area (Å²) in [5.74, 6) is 1.07. The van der Waals surface area contributed by atoms with Gasteiger partial charge < -0.3 is 16.7 Å². The first kappa shape index (κ1) is 13.4. The molecule has 0 aromatic heterocycles. The second-order valence-electron chi connectivity index (χ2n) is 4.23. The van der Waals surface area contributed by atoms with Gasteiger partial charge in [-0.25, -0.2) is 0 Å². The Morgan fingerprint density at radius 2 is 1.71 bits per heavy atom. The first-order chi connectivity index (χ1) is 6.86. The molecule has 14 heavy (non-hydrogen) atoms. The highest BCUT2D eigenvalue weighted by atomic mass is 15.1. The zero-order valence-electron chi connectivity index (χ0n) is 9.68. The van der Waals surface area contributed by atoms with Gasteiger partial charge in [0.25, 0.3) is 0 Å². The summed E-state index contributed by atoms with van der Waals surface area (Å²) in [7, 11) is 0. The summed E-state index contributed by atoms with van der Waals surface area (Å²) < 4.78 is 0. The van der Waals surface area contributed by atoms with E-state index in [2.05, 4.69) is 13.8 Å². The molecule has 1 aliphatic heterocycles. The van der Waals surface area contributed by atoms with E-state index in [9.17, 15) is 0 Å². The number of likely N-dealkylation sites (tertiary alicyclic amines) is 1. The van der Waals surface area contributed by atoms with Crippen molar-refractivity contribution in [2.24, 2.45) is 5.92 Å². The second-order valence-corrected chi connectivity index (χ2v) is 4.23. The molecular formula is C12H24N2. The van der Waals surface area contributed by atoms with E-state index in [1.807, 2.05) is 4.90 Å². The minimum atomic E-state index is 1.07. The molecule has 2 heteroatoms. The fourth-order valence-electron chi connectivity index (χ4n) is 2.39. The minimum absolute atomic E-state index is 1.07. The molecule has 0 aromatic rings. The van der Waals surface area contributed by atoms with Crippen LogP contribution in [0.2, 0.25) is 0 Å². The fraction of sp³-hybridized carbons (Fsp3) is 0.917. The van der Waals surface area contributed by atoms with Gasteiger partial charge in [0.05, 0.1) is 19.6 Å². The van der Waals surface area contributed by atoms with E-state index in [4.69, 9.17) is 11.8 Å². The lowest BCUT2D eigenvalue weighted by Crippen LogP contribution is -3.13. The Morgan fingerprint density at radius 1 is 1.14 bits per heavy atom. The average Bonchev–Trinajstić information content (AvgIpc) is 2.25. The van der Waals surface area contributed by atoms with E-state index >= 15 is 0 Å². The van der Waals surface area contributed by atoms with Crippen molar-refractivity contribution in [3.8, 4) is 0 Å². The first-order valence-corrected chi connectivity index (χ1v) is 5.92. The summed E-state index contributed by atoms with van der Waals surface area (Å²) in [6, 6.07) is 0. The molecule has 1 aliphatic rings. The van der Waals surface area contributed by atoms with Gasteiger partial charge in [0.1, 0.15) is 0 Å². The van der Waals surface area contributed by atoms with E-state index in [0.29, 0.717) is 0 Å². The molecule has 0 amide bonds. The standard InChI is InChI=1S/C11H23N.CN/c1-3-5-11-6-9-12(8-4-2)10-7-11;1-2/h11H,3-10H2,1-2H3;/q;-1/p+1. The van der Waals surface area contributed by atoms with Crippen molar-refractivity contribution in [3.63, 3.8) is 0 Å².